The number of rotatable bonds is 9. The van der Waals surface area contributed by atoms with Gasteiger partial charge in [-0.15, -0.1) is 0 Å². The van der Waals surface area contributed by atoms with Gasteiger partial charge in [-0.25, -0.2) is 0 Å². The summed E-state index contributed by atoms with van der Waals surface area (Å²) in [6, 6.07) is 18.0. The van der Waals surface area contributed by atoms with Gasteiger partial charge in [0.2, 0.25) is 0 Å². The molecule has 130 valence electrons. The second-order valence-corrected chi connectivity index (χ2v) is 6.41. The Kier molecular flexibility index (Phi) is 6.27. The van der Waals surface area contributed by atoms with Crippen LogP contribution in [0.3, 0.4) is 0 Å². The number of ether oxygens (including phenoxy) is 2. The zero-order chi connectivity index (χ0) is 17.3. The molecule has 0 saturated heterocycles. The van der Waals surface area contributed by atoms with Crippen LogP contribution in [0.25, 0.3) is 6.08 Å². The molecule has 0 amide bonds. The second-order valence-electron chi connectivity index (χ2n) is 6.41. The van der Waals surface area contributed by atoms with Crippen molar-refractivity contribution < 1.29 is 14.3 Å². The highest BCUT2D eigenvalue weighted by molar-refractivity contribution is 5.69. The molecule has 0 atom stereocenters. The summed E-state index contributed by atoms with van der Waals surface area (Å²) in [5.41, 5.74) is 2.20. The lowest BCUT2D eigenvalue weighted by Gasteiger charge is -2.06. The molecule has 0 bridgehead atoms. The maximum atomic E-state index is 11.5. The molecule has 1 saturated carbocycles. The monoisotopic (exact) mass is 336 g/mol. The van der Waals surface area contributed by atoms with Gasteiger partial charge in [0.15, 0.2) is 0 Å². The highest BCUT2D eigenvalue weighted by Gasteiger charge is 2.21. The van der Waals surface area contributed by atoms with Crippen LogP contribution in [-0.2, 0) is 16.1 Å². The zero-order valence-electron chi connectivity index (χ0n) is 14.4. The number of hydrogen-bond acceptors (Lipinski definition) is 3. The Bertz CT molecular complexity index is 685. The summed E-state index contributed by atoms with van der Waals surface area (Å²) >= 11 is 0. The first kappa shape index (κ1) is 17.3. The number of benzene rings is 2. The Labute approximate surface area is 149 Å². The smallest absolute Gasteiger partial charge is 0.306 e. The number of esters is 1. The van der Waals surface area contributed by atoms with Crippen LogP contribution in [0.15, 0.2) is 60.7 Å². The van der Waals surface area contributed by atoms with Gasteiger partial charge in [-0.1, -0.05) is 61.4 Å². The molecule has 0 N–H and O–H groups in total. The molecule has 0 aliphatic heterocycles. The quantitative estimate of drug-likeness (QED) is 0.604. The van der Waals surface area contributed by atoms with E-state index in [9.17, 15) is 4.79 Å². The summed E-state index contributed by atoms with van der Waals surface area (Å²) in [4.78, 5) is 11.5. The third-order valence-corrected chi connectivity index (χ3v) is 4.23. The zero-order valence-corrected chi connectivity index (χ0v) is 14.4. The van der Waals surface area contributed by atoms with Crippen molar-refractivity contribution in [3.63, 3.8) is 0 Å². The van der Waals surface area contributed by atoms with Crippen molar-refractivity contribution in [2.75, 3.05) is 6.61 Å². The lowest BCUT2D eigenvalue weighted by Crippen LogP contribution is -2.04. The van der Waals surface area contributed by atoms with Gasteiger partial charge in [0, 0.05) is 6.42 Å². The molecule has 0 spiro atoms. The highest BCUT2D eigenvalue weighted by Crippen LogP contribution is 2.33. The molecule has 0 unspecified atom stereocenters. The van der Waals surface area contributed by atoms with E-state index >= 15 is 0 Å². The number of hydrogen-bond donors (Lipinski definition) is 0. The summed E-state index contributed by atoms with van der Waals surface area (Å²) in [6.07, 6.45) is 7.90. The van der Waals surface area contributed by atoms with Gasteiger partial charge in [0.25, 0.3) is 0 Å². The largest absolute Gasteiger partial charge is 0.489 e. The molecule has 25 heavy (non-hydrogen) atoms. The fourth-order valence-corrected chi connectivity index (χ4v) is 2.54. The SMILES string of the molecule is O=C(CCC1CC1)OC/C=C/c1ccc(OCc2ccccc2)cc1. The molecule has 2 aromatic carbocycles. The fraction of sp³-hybridized carbons (Fsp3) is 0.318. The lowest BCUT2D eigenvalue weighted by molar-refractivity contribution is -0.142. The molecule has 1 aliphatic carbocycles. The minimum atomic E-state index is -0.0961. The molecule has 0 radical (unpaired) electrons. The van der Waals surface area contributed by atoms with Crippen LogP contribution < -0.4 is 4.74 Å². The van der Waals surface area contributed by atoms with E-state index in [1.54, 1.807) is 0 Å². The third kappa shape index (κ3) is 6.46. The van der Waals surface area contributed by atoms with E-state index in [1.807, 2.05) is 66.7 Å². The fourth-order valence-electron chi connectivity index (χ4n) is 2.54. The first-order valence-corrected chi connectivity index (χ1v) is 8.88. The minimum Gasteiger partial charge on any atom is -0.489 e. The lowest BCUT2D eigenvalue weighted by atomic mass is 10.2. The van der Waals surface area contributed by atoms with Gasteiger partial charge in [-0.3, -0.25) is 4.79 Å². The van der Waals surface area contributed by atoms with E-state index in [0.29, 0.717) is 19.6 Å². The Morgan fingerprint density at radius 1 is 1.04 bits per heavy atom. The van der Waals surface area contributed by atoms with Crippen molar-refractivity contribution in [3.05, 3.63) is 71.8 Å². The maximum Gasteiger partial charge on any atom is 0.306 e. The molecule has 1 aliphatic rings. The summed E-state index contributed by atoms with van der Waals surface area (Å²) in [5, 5.41) is 0. The number of carbonyl (C=O) groups is 1. The minimum absolute atomic E-state index is 0.0961. The van der Waals surface area contributed by atoms with Crippen molar-refractivity contribution in [1.29, 1.82) is 0 Å². The normalized spacial score (nSPS) is 13.8. The summed E-state index contributed by atoms with van der Waals surface area (Å²) < 4.78 is 11.0. The van der Waals surface area contributed by atoms with Crippen molar-refractivity contribution in [2.45, 2.75) is 32.3 Å². The van der Waals surface area contributed by atoms with E-state index in [-0.39, 0.29) is 5.97 Å². The van der Waals surface area contributed by atoms with E-state index in [1.165, 1.54) is 12.8 Å². The van der Waals surface area contributed by atoms with Crippen LogP contribution in [0.2, 0.25) is 0 Å². The van der Waals surface area contributed by atoms with E-state index in [0.717, 1.165) is 29.2 Å². The topological polar surface area (TPSA) is 35.5 Å². The summed E-state index contributed by atoms with van der Waals surface area (Å²) in [5.74, 6) is 1.51. The molecule has 3 rings (SSSR count). The Balaban J connectivity index is 1.37. The predicted octanol–water partition coefficient (Wildman–Crippen LogP) is 5.01. The van der Waals surface area contributed by atoms with Gasteiger partial charge in [0.1, 0.15) is 19.0 Å². The van der Waals surface area contributed by atoms with Gasteiger partial charge in [-0.05, 0) is 41.7 Å². The van der Waals surface area contributed by atoms with Crippen molar-refractivity contribution in [3.8, 4) is 5.75 Å². The van der Waals surface area contributed by atoms with Gasteiger partial charge < -0.3 is 9.47 Å². The standard InChI is InChI=1S/C22H24O3/c23-22(15-12-19-8-9-19)24-16-4-7-18-10-13-21(14-11-18)25-17-20-5-2-1-3-6-20/h1-7,10-11,13-14,19H,8-9,12,15-17H2/b7-4+. The van der Waals surface area contributed by atoms with Crippen LogP contribution in [0, 0.1) is 5.92 Å². The van der Waals surface area contributed by atoms with E-state index in [2.05, 4.69) is 0 Å². The summed E-state index contributed by atoms with van der Waals surface area (Å²) in [6.45, 7) is 0.891. The van der Waals surface area contributed by atoms with Crippen LogP contribution >= 0.6 is 0 Å². The molecule has 3 heteroatoms. The Morgan fingerprint density at radius 2 is 1.80 bits per heavy atom. The first-order valence-electron chi connectivity index (χ1n) is 8.88. The molecule has 0 aromatic heterocycles. The number of carbonyl (C=O) groups excluding carboxylic acids is 1. The molecule has 1 fully saturated rings. The van der Waals surface area contributed by atoms with Crippen molar-refractivity contribution >= 4 is 12.0 Å². The maximum absolute atomic E-state index is 11.5. The average Bonchev–Trinajstić information content (AvgIpc) is 3.48. The predicted molar refractivity (Wildman–Crippen MR) is 99.2 cm³/mol. The van der Waals surface area contributed by atoms with Crippen molar-refractivity contribution in [2.24, 2.45) is 5.92 Å². The first-order chi connectivity index (χ1) is 12.3. The summed E-state index contributed by atoms with van der Waals surface area (Å²) in [7, 11) is 0. The van der Waals surface area contributed by atoms with Crippen LogP contribution in [0.4, 0.5) is 0 Å². The van der Waals surface area contributed by atoms with Gasteiger partial charge in [0.05, 0.1) is 0 Å². The Hall–Kier alpha value is -2.55. The van der Waals surface area contributed by atoms with Crippen LogP contribution in [-0.4, -0.2) is 12.6 Å². The highest BCUT2D eigenvalue weighted by atomic mass is 16.5. The van der Waals surface area contributed by atoms with Gasteiger partial charge >= 0.3 is 5.97 Å². The van der Waals surface area contributed by atoms with Crippen molar-refractivity contribution in [1.82, 2.24) is 0 Å². The average molecular weight is 336 g/mol. The van der Waals surface area contributed by atoms with E-state index in [4.69, 9.17) is 9.47 Å². The third-order valence-electron chi connectivity index (χ3n) is 4.23. The molecular weight excluding hydrogens is 312 g/mol. The second kappa shape index (κ2) is 9.07. The molecular formula is C22H24O3. The molecule has 2 aromatic rings. The van der Waals surface area contributed by atoms with Gasteiger partial charge in [-0.2, -0.15) is 0 Å². The Morgan fingerprint density at radius 3 is 2.52 bits per heavy atom. The van der Waals surface area contributed by atoms with E-state index < -0.39 is 0 Å². The van der Waals surface area contributed by atoms with Crippen LogP contribution in [0.5, 0.6) is 5.75 Å². The molecule has 3 nitrogen and oxygen atoms in total. The molecule has 0 heterocycles. The van der Waals surface area contributed by atoms with Crippen LogP contribution in [0.1, 0.15) is 36.8 Å².